The number of ether oxygens (including phenoxy) is 3. The Balaban J connectivity index is 1.98. The first kappa shape index (κ1) is 70.6. The maximum Gasteiger partial charge on any atom is 0.305 e. The molecule has 0 bridgehead atoms. The molecule has 0 aromatic heterocycles. The average Bonchev–Trinajstić information content (AvgIpc) is 3.41. The predicted octanol–water partition coefficient (Wildman–Crippen LogP) is 14.8. The van der Waals surface area contributed by atoms with Crippen molar-refractivity contribution in [3.8, 4) is 0 Å². The van der Waals surface area contributed by atoms with E-state index in [1.807, 2.05) is 19.1 Å². The van der Waals surface area contributed by atoms with Crippen molar-refractivity contribution in [3.63, 3.8) is 0 Å². The van der Waals surface area contributed by atoms with E-state index in [4.69, 9.17) is 14.2 Å². The number of unbranched alkanes of at least 4 members (excludes halogenated alkanes) is 35. The number of nitrogens with one attached hydrogen (secondary N) is 1. The Bertz CT molecular complexity index is 1390. The molecular weight excluding hydrogens is 943 g/mol. The molecule has 0 aliphatic carbocycles. The number of rotatable bonds is 54. The van der Waals surface area contributed by atoms with Gasteiger partial charge in [-0.25, -0.2) is 0 Å². The van der Waals surface area contributed by atoms with E-state index < -0.39 is 49.5 Å². The Morgan fingerprint density at radius 1 is 0.507 bits per heavy atom. The minimum atomic E-state index is -1.58. The summed E-state index contributed by atoms with van der Waals surface area (Å²) in [6.07, 6.45) is 58.3. The first-order valence-corrected chi connectivity index (χ1v) is 31.4. The van der Waals surface area contributed by atoms with Crippen LogP contribution in [0.4, 0.5) is 0 Å². The molecule has 0 aromatic rings. The summed E-state index contributed by atoms with van der Waals surface area (Å²) in [5.74, 6) is -0.202. The number of amides is 1. The molecule has 438 valence electrons. The Kier molecular flexibility index (Phi) is 50.5. The molecule has 1 amide bonds. The molecule has 0 saturated carbocycles. The van der Waals surface area contributed by atoms with Crippen molar-refractivity contribution in [1.29, 1.82) is 0 Å². The van der Waals surface area contributed by atoms with E-state index in [-0.39, 0.29) is 18.5 Å². The molecule has 0 spiro atoms. The predicted molar refractivity (Wildman–Crippen MR) is 310 cm³/mol. The Morgan fingerprint density at radius 2 is 0.920 bits per heavy atom. The number of carbonyl (C=O) groups is 2. The van der Waals surface area contributed by atoms with Gasteiger partial charge in [-0.15, -0.1) is 0 Å². The van der Waals surface area contributed by atoms with Crippen LogP contribution in [0.5, 0.6) is 0 Å². The second-order valence-electron chi connectivity index (χ2n) is 21.8. The van der Waals surface area contributed by atoms with Gasteiger partial charge in [0, 0.05) is 12.8 Å². The summed E-state index contributed by atoms with van der Waals surface area (Å²) < 4.78 is 16.7. The summed E-state index contributed by atoms with van der Waals surface area (Å²) in [6.45, 7) is 4.09. The van der Waals surface area contributed by atoms with Crippen LogP contribution in [-0.2, 0) is 23.8 Å². The van der Waals surface area contributed by atoms with Gasteiger partial charge >= 0.3 is 5.97 Å². The number of aliphatic hydroxyl groups excluding tert-OH is 5. The van der Waals surface area contributed by atoms with E-state index in [1.54, 1.807) is 6.08 Å². The highest BCUT2D eigenvalue weighted by molar-refractivity contribution is 5.76. The van der Waals surface area contributed by atoms with E-state index in [0.29, 0.717) is 19.4 Å². The van der Waals surface area contributed by atoms with E-state index in [1.165, 1.54) is 180 Å². The molecule has 7 unspecified atom stereocenters. The molecule has 11 heteroatoms. The molecule has 1 aliphatic heterocycles. The monoisotopic (exact) mass is 1060 g/mol. The molecule has 1 aliphatic rings. The number of aliphatic hydroxyl groups is 5. The van der Waals surface area contributed by atoms with Crippen LogP contribution in [0.15, 0.2) is 48.6 Å². The number of allylic oxidation sites excluding steroid dienone is 7. The zero-order valence-corrected chi connectivity index (χ0v) is 48.3. The van der Waals surface area contributed by atoms with Crippen molar-refractivity contribution in [1.82, 2.24) is 5.32 Å². The van der Waals surface area contributed by atoms with Crippen LogP contribution in [0.1, 0.15) is 284 Å². The lowest BCUT2D eigenvalue weighted by Crippen LogP contribution is -2.60. The number of carbonyl (C=O) groups excluding carboxylic acids is 2. The van der Waals surface area contributed by atoms with Crippen molar-refractivity contribution in [2.24, 2.45) is 0 Å². The molecule has 11 nitrogen and oxygen atoms in total. The molecule has 7 atom stereocenters. The van der Waals surface area contributed by atoms with Gasteiger partial charge in [0.1, 0.15) is 24.4 Å². The van der Waals surface area contributed by atoms with Crippen LogP contribution in [-0.4, -0.2) is 100 Å². The highest BCUT2D eigenvalue weighted by Crippen LogP contribution is 2.23. The molecule has 1 fully saturated rings. The van der Waals surface area contributed by atoms with Gasteiger partial charge in [0.2, 0.25) is 5.91 Å². The topological polar surface area (TPSA) is 175 Å². The normalized spacial score (nSPS) is 19.1. The van der Waals surface area contributed by atoms with Gasteiger partial charge in [0.05, 0.1) is 32.0 Å². The first-order chi connectivity index (χ1) is 36.7. The zero-order chi connectivity index (χ0) is 54.5. The van der Waals surface area contributed by atoms with Crippen molar-refractivity contribution in [3.05, 3.63) is 48.6 Å². The minimum absolute atomic E-state index is 0.00253. The summed E-state index contributed by atoms with van der Waals surface area (Å²) in [7, 11) is 0. The molecule has 1 rings (SSSR count). The van der Waals surface area contributed by atoms with Gasteiger partial charge in [-0.2, -0.15) is 0 Å². The smallest absolute Gasteiger partial charge is 0.305 e. The SMILES string of the molecule is C/C=C/CC/C=C/CC/C=C/C(O)C(COC1OC(CO)C(O)C(O)C1O)NC(=O)CCCCCCCCCC/C=C\CCCCCCCCCCCCCCOC(=O)CCCCCCCCCCCCCCCC. The molecule has 6 N–H and O–H groups in total. The quantitative estimate of drug-likeness (QED) is 0.0195. The number of esters is 1. The van der Waals surface area contributed by atoms with Crippen molar-refractivity contribution in [2.75, 3.05) is 19.8 Å². The lowest BCUT2D eigenvalue weighted by molar-refractivity contribution is -0.302. The fourth-order valence-electron chi connectivity index (χ4n) is 9.76. The molecule has 1 saturated heterocycles. The van der Waals surface area contributed by atoms with Gasteiger partial charge < -0.3 is 45.1 Å². The van der Waals surface area contributed by atoms with E-state index >= 15 is 0 Å². The summed E-state index contributed by atoms with van der Waals surface area (Å²) in [4.78, 5) is 25.0. The Hall–Kier alpha value is -2.38. The average molecular weight is 1060 g/mol. The highest BCUT2D eigenvalue weighted by Gasteiger charge is 2.44. The van der Waals surface area contributed by atoms with Crippen LogP contribution in [0.3, 0.4) is 0 Å². The van der Waals surface area contributed by atoms with Crippen LogP contribution in [0, 0.1) is 0 Å². The van der Waals surface area contributed by atoms with Gasteiger partial charge in [-0.05, 0) is 77.6 Å². The Morgan fingerprint density at radius 3 is 1.40 bits per heavy atom. The third-order valence-electron chi connectivity index (χ3n) is 14.7. The van der Waals surface area contributed by atoms with Gasteiger partial charge in [-0.1, -0.05) is 242 Å². The van der Waals surface area contributed by atoms with E-state index in [0.717, 1.165) is 77.0 Å². The standard InChI is InChI=1S/C64H117NO10/c1-3-5-7-9-11-13-14-15-29-32-36-40-44-48-52-60(69)73-53-49-45-41-37-33-30-27-25-23-21-19-17-16-18-20-22-24-26-28-31-35-39-43-47-51-59(68)65-56(57(67)50-46-42-38-34-12-10-8-6-4-2)55-74-64-63(72)62(71)61(70)58(54-66)75-64/h4,6,12,18,20,34,46,50,56-58,61-64,66-67,70-72H,3,5,7-11,13-17,19,21-33,35-45,47-49,51-55H2,1-2H3,(H,65,68)/b6-4+,20-18-,34-12+,50-46+. The molecule has 0 radical (unpaired) electrons. The largest absolute Gasteiger partial charge is 0.466 e. The van der Waals surface area contributed by atoms with Gasteiger partial charge in [0.25, 0.3) is 0 Å². The van der Waals surface area contributed by atoms with Gasteiger partial charge in [-0.3, -0.25) is 9.59 Å². The molecule has 75 heavy (non-hydrogen) atoms. The first-order valence-electron chi connectivity index (χ1n) is 31.4. The summed E-state index contributed by atoms with van der Waals surface area (Å²) in [5.41, 5.74) is 0. The second-order valence-corrected chi connectivity index (χ2v) is 21.8. The molecular formula is C64H117NO10. The fourth-order valence-corrected chi connectivity index (χ4v) is 9.76. The molecule has 1 heterocycles. The zero-order valence-electron chi connectivity index (χ0n) is 48.3. The second kappa shape index (κ2) is 53.6. The lowest BCUT2D eigenvalue weighted by Gasteiger charge is -2.40. The number of hydrogen-bond donors (Lipinski definition) is 6. The van der Waals surface area contributed by atoms with Crippen LogP contribution < -0.4 is 5.32 Å². The van der Waals surface area contributed by atoms with Crippen LogP contribution in [0.2, 0.25) is 0 Å². The Labute approximate surface area is 459 Å². The maximum absolute atomic E-state index is 13.0. The summed E-state index contributed by atoms with van der Waals surface area (Å²) >= 11 is 0. The maximum atomic E-state index is 13.0. The third kappa shape index (κ3) is 43.2. The summed E-state index contributed by atoms with van der Waals surface area (Å²) in [5, 5.41) is 54.1. The lowest BCUT2D eigenvalue weighted by atomic mass is 9.99. The highest BCUT2D eigenvalue weighted by atomic mass is 16.7. The van der Waals surface area contributed by atoms with Crippen LogP contribution >= 0.6 is 0 Å². The van der Waals surface area contributed by atoms with Gasteiger partial charge in [0.15, 0.2) is 6.29 Å². The summed E-state index contributed by atoms with van der Waals surface area (Å²) in [6, 6.07) is -0.837. The van der Waals surface area contributed by atoms with Crippen molar-refractivity contribution in [2.45, 2.75) is 326 Å². The number of hydrogen-bond acceptors (Lipinski definition) is 10. The third-order valence-corrected chi connectivity index (χ3v) is 14.7. The minimum Gasteiger partial charge on any atom is -0.466 e. The van der Waals surface area contributed by atoms with Crippen molar-refractivity contribution < 1.29 is 49.3 Å². The fraction of sp³-hybridized carbons (Fsp3) is 0.844. The van der Waals surface area contributed by atoms with E-state index in [9.17, 15) is 35.1 Å². The van der Waals surface area contributed by atoms with E-state index in [2.05, 4.69) is 42.6 Å². The van der Waals surface area contributed by atoms with Crippen LogP contribution in [0.25, 0.3) is 0 Å². The molecule has 0 aromatic carbocycles. The van der Waals surface area contributed by atoms with Crippen molar-refractivity contribution >= 4 is 11.9 Å².